The molecule has 0 unspecified atom stereocenters. The minimum absolute atomic E-state index is 0.0713. The van der Waals surface area contributed by atoms with Crippen molar-refractivity contribution in [2.24, 2.45) is 5.92 Å². The molecule has 28 heavy (non-hydrogen) atoms. The lowest BCUT2D eigenvalue weighted by atomic mass is 10.2. The average Bonchev–Trinajstić information content (AvgIpc) is 3.26. The number of aromatic nitrogens is 3. The summed E-state index contributed by atoms with van der Waals surface area (Å²) in [6, 6.07) is 9.89. The molecule has 8 nitrogen and oxygen atoms in total. The van der Waals surface area contributed by atoms with Gasteiger partial charge in [-0.25, -0.2) is 13.4 Å². The number of carbonyl (C=O) groups excluding carboxylic acids is 1. The van der Waals surface area contributed by atoms with Gasteiger partial charge in [-0.15, -0.1) is 0 Å². The smallest absolute Gasteiger partial charge is 0.264 e. The van der Waals surface area contributed by atoms with Crippen molar-refractivity contribution >= 4 is 71.1 Å². The fourth-order valence-electron chi connectivity index (χ4n) is 2.50. The van der Waals surface area contributed by atoms with Gasteiger partial charge in [0.05, 0.1) is 27.6 Å². The highest BCUT2D eigenvalue weighted by Crippen LogP contribution is 2.30. The monoisotopic (exact) mass is 433 g/mol. The van der Waals surface area contributed by atoms with Crippen molar-refractivity contribution in [2.75, 3.05) is 10.0 Å². The van der Waals surface area contributed by atoms with Crippen LogP contribution in [0.15, 0.2) is 41.3 Å². The molecule has 1 amide bonds. The summed E-state index contributed by atoms with van der Waals surface area (Å²) in [5, 5.41) is 3.24. The van der Waals surface area contributed by atoms with E-state index in [1.165, 1.54) is 17.4 Å². The van der Waals surface area contributed by atoms with E-state index in [4.69, 9.17) is 0 Å². The van der Waals surface area contributed by atoms with Crippen molar-refractivity contribution in [1.29, 1.82) is 0 Å². The molecule has 0 aliphatic heterocycles. The Morgan fingerprint density at radius 3 is 2.71 bits per heavy atom. The van der Waals surface area contributed by atoms with Gasteiger partial charge in [0.25, 0.3) is 10.0 Å². The van der Waals surface area contributed by atoms with E-state index >= 15 is 0 Å². The molecule has 144 valence electrons. The van der Waals surface area contributed by atoms with E-state index in [-0.39, 0.29) is 16.7 Å². The lowest BCUT2D eigenvalue weighted by Gasteiger charge is -2.08. The quantitative estimate of drug-likeness (QED) is 0.496. The number of fused-ring (bicyclic) bond motifs is 2. The lowest BCUT2D eigenvalue weighted by molar-refractivity contribution is -0.118. The van der Waals surface area contributed by atoms with Crippen LogP contribution in [0.1, 0.15) is 13.8 Å². The second-order valence-electron chi connectivity index (χ2n) is 6.34. The first-order valence-electron chi connectivity index (χ1n) is 8.29. The molecule has 2 aromatic heterocycles. The van der Waals surface area contributed by atoms with E-state index in [1.54, 1.807) is 44.2 Å². The van der Waals surface area contributed by atoms with Crippen molar-refractivity contribution in [1.82, 2.24) is 13.7 Å². The molecule has 0 aliphatic carbocycles. The third-order valence-electron chi connectivity index (χ3n) is 3.93. The maximum absolute atomic E-state index is 12.8. The topological polar surface area (TPSA) is 114 Å². The molecule has 0 saturated heterocycles. The molecule has 4 rings (SSSR count). The minimum atomic E-state index is -3.84. The number of rotatable bonds is 5. The van der Waals surface area contributed by atoms with Gasteiger partial charge in [-0.2, -0.15) is 8.75 Å². The molecular weight excluding hydrogens is 418 g/mol. The fraction of sp³-hybridized carbons (Fsp3) is 0.176. The lowest BCUT2D eigenvalue weighted by Crippen LogP contribution is -2.17. The van der Waals surface area contributed by atoms with Gasteiger partial charge < -0.3 is 5.32 Å². The average molecular weight is 434 g/mol. The van der Waals surface area contributed by atoms with Gasteiger partial charge in [0.1, 0.15) is 15.9 Å². The number of benzene rings is 2. The fourth-order valence-corrected chi connectivity index (χ4v) is 5.17. The highest BCUT2D eigenvalue weighted by Gasteiger charge is 2.20. The Bertz CT molecular complexity index is 1290. The normalized spacial score (nSPS) is 12.0. The molecule has 2 heterocycles. The number of nitrogens with zero attached hydrogens (tertiary/aromatic N) is 3. The van der Waals surface area contributed by atoms with Gasteiger partial charge in [0.2, 0.25) is 5.91 Å². The first-order valence-corrected chi connectivity index (χ1v) is 11.3. The number of nitrogens with one attached hydrogen (secondary N) is 2. The maximum Gasteiger partial charge on any atom is 0.264 e. The number of thiazole rings is 1. The predicted octanol–water partition coefficient (Wildman–Crippen LogP) is 3.70. The van der Waals surface area contributed by atoms with Crippen molar-refractivity contribution in [2.45, 2.75) is 18.7 Å². The van der Waals surface area contributed by atoms with Crippen LogP contribution in [0.5, 0.6) is 0 Å². The van der Waals surface area contributed by atoms with Crippen LogP contribution in [-0.4, -0.2) is 28.1 Å². The molecule has 11 heteroatoms. The first kappa shape index (κ1) is 18.7. The number of sulfonamides is 1. The molecule has 0 atom stereocenters. The van der Waals surface area contributed by atoms with E-state index in [0.717, 1.165) is 16.4 Å². The Kier molecular flexibility index (Phi) is 4.73. The molecule has 0 fully saturated rings. The molecule has 0 spiro atoms. The molecule has 0 bridgehead atoms. The van der Waals surface area contributed by atoms with Crippen molar-refractivity contribution in [3.05, 3.63) is 36.4 Å². The zero-order chi connectivity index (χ0) is 19.9. The summed E-state index contributed by atoms with van der Waals surface area (Å²) in [6.45, 7) is 3.60. The Hall–Kier alpha value is -2.63. The zero-order valence-corrected chi connectivity index (χ0v) is 17.3. The summed E-state index contributed by atoms with van der Waals surface area (Å²) < 4.78 is 37.2. The van der Waals surface area contributed by atoms with E-state index in [0.29, 0.717) is 27.4 Å². The van der Waals surface area contributed by atoms with Crippen LogP contribution in [0.4, 0.5) is 10.8 Å². The molecule has 0 aliphatic rings. The highest BCUT2D eigenvalue weighted by atomic mass is 32.2. The summed E-state index contributed by atoms with van der Waals surface area (Å²) in [4.78, 5) is 16.3. The van der Waals surface area contributed by atoms with Crippen LogP contribution in [0.25, 0.3) is 21.3 Å². The Balaban J connectivity index is 1.64. The summed E-state index contributed by atoms with van der Waals surface area (Å²) >= 11 is 2.30. The van der Waals surface area contributed by atoms with Gasteiger partial charge in [-0.3, -0.25) is 9.52 Å². The van der Waals surface area contributed by atoms with Crippen LogP contribution in [0.2, 0.25) is 0 Å². The van der Waals surface area contributed by atoms with Crippen molar-refractivity contribution in [3.63, 3.8) is 0 Å². The summed E-state index contributed by atoms with van der Waals surface area (Å²) in [5.74, 6) is -0.276. The van der Waals surface area contributed by atoms with Crippen LogP contribution in [0.3, 0.4) is 0 Å². The van der Waals surface area contributed by atoms with E-state index in [2.05, 4.69) is 23.8 Å². The largest absolute Gasteiger partial charge is 0.302 e. The van der Waals surface area contributed by atoms with Gasteiger partial charge in [0, 0.05) is 5.92 Å². The van der Waals surface area contributed by atoms with Crippen molar-refractivity contribution in [3.8, 4) is 0 Å². The van der Waals surface area contributed by atoms with E-state index in [1.807, 2.05) is 0 Å². The standard InChI is InChI=1S/C17H15N5O3S3/c1-9(2)16(23)19-17-18-12-8-10(6-7-13(12)26-17)22-28(24,25)14-5-3-4-11-15(14)21-27-20-11/h3-9,22H,1-2H3,(H,18,19,23). The third kappa shape index (κ3) is 3.55. The zero-order valence-electron chi connectivity index (χ0n) is 14.8. The Morgan fingerprint density at radius 1 is 1.11 bits per heavy atom. The van der Waals surface area contributed by atoms with Crippen LogP contribution >= 0.6 is 23.1 Å². The second-order valence-corrected chi connectivity index (χ2v) is 9.55. The number of hydrogen-bond acceptors (Lipinski definition) is 8. The molecule has 4 aromatic rings. The molecular formula is C17H15N5O3S3. The van der Waals surface area contributed by atoms with Crippen LogP contribution in [-0.2, 0) is 14.8 Å². The van der Waals surface area contributed by atoms with Gasteiger partial charge in [-0.05, 0) is 30.3 Å². The first-order chi connectivity index (χ1) is 13.3. The summed E-state index contributed by atoms with van der Waals surface area (Å²) in [5.41, 5.74) is 1.85. The minimum Gasteiger partial charge on any atom is -0.302 e. The SMILES string of the molecule is CC(C)C(=O)Nc1nc2cc(NS(=O)(=O)c3cccc4nsnc34)ccc2s1. The van der Waals surface area contributed by atoms with Crippen LogP contribution in [0, 0.1) is 5.92 Å². The Morgan fingerprint density at radius 2 is 1.93 bits per heavy atom. The maximum atomic E-state index is 12.8. The second kappa shape index (κ2) is 7.08. The van der Waals surface area contributed by atoms with E-state index < -0.39 is 10.0 Å². The van der Waals surface area contributed by atoms with Crippen molar-refractivity contribution < 1.29 is 13.2 Å². The number of carbonyl (C=O) groups is 1. The summed E-state index contributed by atoms with van der Waals surface area (Å²) in [6.07, 6.45) is 0. The molecule has 0 radical (unpaired) electrons. The summed E-state index contributed by atoms with van der Waals surface area (Å²) in [7, 11) is -3.84. The highest BCUT2D eigenvalue weighted by molar-refractivity contribution is 7.93. The Labute approximate surface area is 169 Å². The predicted molar refractivity (Wildman–Crippen MR) is 111 cm³/mol. The van der Waals surface area contributed by atoms with E-state index in [9.17, 15) is 13.2 Å². The van der Waals surface area contributed by atoms with Gasteiger partial charge >= 0.3 is 0 Å². The number of anilines is 2. The molecule has 2 aromatic carbocycles. The third-order valence-corrected chi connectivity index (χ3v) is 6.84. The number of amides is 1. The molecule has 2 N–H and O–H groups in total. The van der Waals surface area contributed by atoms with Crippen LogP contribution < -0.4 is 10.0 Å². The van der Waals surface area contributed by atoms with Gasteiger partial charge in [-0.1, -0.05) is 31.3 Å². The molecule has 0 saturated carbocycles. The number of hydrogen-bond donors (Lipinski definition) is 2. The van der Waals surface area contributed by atoms with Gasteiger partial charge in [0.15, 0.2) is 5.13 Å².